The number of ether oxygens (including phenoxy) is 1. The molecule has 5 N–H and O–H groups in total. The lowest BCUT2D eigenvalue weighted by atomic mass is 10.1. The summed E-state index contributed by atoms with van der Waals surface area (Å²) in [5, 5.41) is 31.1. The molecule has 10 nitrogen and oxygen atoms in total. The van der Waals surface area contributed by atoms with Gasteiger partial charge in [0.1, 0.15) is 12.8 Å². The van der Waals surface area contributed by atoms with Gasteiger partial charge in [-0.1, -0.05) is 4.98 Å². The summed E-state index contributed by atoms with van der Waals surface area (Å²) in [6, 6.07) is 0. The first-order chi connectivity index (χ1) is 11.0. The zero-order valence-electron chi connectivity index (χ0n) is 11.9. The second-order valence-electron chi connectivity index (χ2n) is 5.23. The van der Waals surface area contributed by atoms with Gasteiger partial charge < -0.3 is 25.8 Å². The number of H-pyrrole nitrogens is 1. The summed E-state index contributed by atoms with van der Waals surface area (Å²) in [7, 11) is 0. The van der Waals surface area contributed by atoms with E-state index >= 15 is 0 Å². The first-order valence-corrected chi connectivity index (χ1v) is 6.94. The Balaban J connectivity index is 2.16. The third-order valence-corrected chi connectivity index (χ3v) is 3.78. The van der Waals surface area contributed by atoms with Gasteiger partial charge in [0.05, 0.1) is 19.3 Å². The van der Waals surface area contributed by atoms with Crippen molar-refractivity contribution in [1.82, 2.24) is 14.5 Å². The van der Waals surface area contributed by atoms with Crippen LogP contribution in [-0.4, -0.2) is 56.3 Å². The number of aryl methyl sites for hydroxylation is 1. The van der Waals surface area contributed by atoms with Gasteiger partial charge in [-0.3, -0.25) is 14.3 Å². The van der Waals surface area contributed by atoms with Crippen molar-refractivity contribution in [3.63, 3.8) is 0 Å². The zero-order valence-corrected chi connectivity index (χ0v) is 11.9. The van der Waals surface area contributed by atoms with E-state index in [1.807, 2.05) is 0 Å². The van der Waals surface area contributed by atoms with Crippen LogP contribution in [0.2, 0.25) is 0 Å². The number of imidazole rings is 1. The fourth-order valence-electron chi connectivity index (χ4n) is 2.71. The lowest BCUT2D eigenvalue weighted by Crippen LogP contribution is -2.52. The van der Waals surface area contributed by atoms with Crippen LogP contribution in [0.1, 0.15) is 6.23 Å². The predicted molar refractivity (Wildman–Crippen MR) is 71.7 cm³/mol. The van der Waals surface area contributed by atoms with E-state index in [1.54, 1.807) is 0 Å². The topological polar surface area (TPSA) is 153 Å². The third kappa shape index (κ3) is 2.47. The molecule has 0 unspecified atom stereocenters. The molecular weight excluding hydrogens is 313 g/mol. The highest BCUT2D eigenvalue weighted by molar-refractivity contribution is 5.67. The molecule has 2 aromatic rings. The molecule has 0 spiro atoms. The van der Waals surface area contributed by atoms with Gasteiger partial charge in [-0.05, 0) is 6.10 Å². The average Bonchev–Trinajstić information content (AvgIpc) is 2.99. The lowest BCUT2D eigenvalue weighted by Gasteiger charge is -2.23. The van der Waals surface area contributed by atoms with Crippen LogP contribution < -0.4 is 21.0 Å². The molecule has 0 aromatic carbocycles. The van der Waals surface area contributed by atoms with Crippen LogP contribution >= 0.6 is 0 Å². The summed E-state index contributed by atoms with van der Waals surface area (Å²) >= 11 is 0. The second kappa shape index (κ2) is 5.85. The molecule has 23 heavy (non-hydrogen) atoms. The van der Waals surface area contributed by atoms with Gasteiger partial charge >= 0.3 is 5.65 Å². The largest absolute Gasteiger partial charge is 0.846 e. The molecule has 0 saturated carbocycles. The van der Waals surface area contributed by atoms with Gasteiger partial charge in [-0.15, -0.1) is 0 Å². The van der Waals surface area contributed by atoms with Crippen molar-refractivity contribution in [1.29, 1.82) is 0 Å². The predicted octanol–water partition coefficient (Wildman–Crippen LogP) is -3.46. The number of aromatic amines is 1. The van der Waals surface area contributed by atoms with Crippen molar-refractivity contribution in [2.24, 2.45) is 0 Å². The number of nitrogen functional groups attached to an aromatic ring is 1. The first kappa shape index (κ1) is 15.8. The number of hydrogen-bond donors (Lipinski definition) is 4. The van der Waals surface area contributed by atoms with E-state index in [1.165, 1.54) is 15.5 Å². The molecule has 0 aliphatic carbocycles. The van der Waals surface area contributed by atoms with Crippen LogP contribution in [0.3, 0.4) is 0 Å². The van der Waals surface area contributed by atoms with Crippen molar-refractivity contribution >= 4 is 17.1 Å². The number of aromatic nitrogens is 4. The van der Waals surface area contributed by atoms with E-state index in [0.717, 1.165) is 0 Å². The maximum absolute atomic E-state index is 12.7. The van der Waals surface area contributed by atoms with Crippen molar-refractivity contribution in [3.8, 4) is 0 Å². The second-order valence-corrected chi connectivity index (χ2v) is 5.23. The Kier molecular flexibility index (Phi) is 4.02. The molecule has 4 atom stereocenters. The highest BCUT2D eigenvalue weighted by Crippen LogP contribution is 2.24. The number of halogens is 1. The fourth-order valence-corrected chi connectivity index (χ4v) is 2.71. The van der Waals surface area contributed by atoms with Crippen LogP contribution in [0.4, 0.5) is 10.3 Å². The van der Waals surface area contributed by atoms with Gasteiger partial charge in [0.2, 0.25) is 5.52 Å². The van der Waals surface area contributed by atoms with E-state index in [9.17, 15) is 19.4 Å². The number of nitrogens with two attached hydrogens (primary N) is 1. The van der Waals surface area contributed by atoms with Gasteiger partial charge in [0.25, 0.3) is 11.5 Å². The molecule has 1 saturated heterocycles. The number of hydrogen-bond acceptors (Lipinski definition) is 7. The summed E-state index contributed by atoms with van der Waals surface area (Å²) in [6.07, 6.45) is -3.97. The molecule has 1 fully saturated rings. The molecule has 1 aliphatic heterocycles. The average molecular weight is 329 g/mol. The molecule has 3 heterocycles. The van der Waals surface area contributed by atoms with Crippen LogP contribution in [0.15, 0.2) is 11.1 Å². The van der Waals surface area contributed by atoms with Gasteiger partial charge in [0, 0.05) is 0 Å². The standard InChI is InChI=1S/C12H16FN5O5/c13-1-2-17-4-18(9-6(17)10(22)16-12(14)15-9)11-8(21)7(20)5(3-19)23-11/h4-5,7-8,11,19-20H,1-3H2,(H3,14,15,16,22)/t5-,7-,8-,11-/m1/s1. The monoisotopic (exact) mass is 329 g/mol. The highest BCUT2D eigenvalue weighted by Gasteiger charge is 2.41. The van der Waals surface area contributed by atoms with E-state index in [0.29, 0.717) is 0 Å². The highest BCUT2D eigenvalue weighted by atomic mass is 19.1. The summed E-state index contributed by atoms with van der Waals surface area (Å²) in [4.78, 5) is 18.3. The number of anilines is 1. The van der Waals surface area contributed by atoms with Crippen LogP contribution in [-0.2, 0) is 11.3 Å². The molecule has 3 rings (SSSR count). The molecule has 0 radical (unpaired) electrons. The number of fused-ring (bicyclic) bond motifs is 1. The summed E-state index contributed by atoms with van der Waals surface area (Å²) in [5.41, 5.74) is 5.01. The number of aliphatic hydroxyl groups is 2. The Labute approximate surface area is 128 Å². The summed E-state index contributed by atoms with van der Waals surface area (Å²) < 4.78 is 20.6. The van der Waals surface area contributed by atoms with Gasteiger partial charge in [0.15, 0.2) is 12.6 Å². The normalized spacial score (nSPS) is 27.8. The van der Waals surface area contributed by atoms with Crippen LogP contribution in [0.5, 0.6) is 0 Å². The minimum absolute atomic E-state index is 0.0367. The minimum atomic E-state index is -1.61. The summed E-state index contributed by atoms with van der Waals surface area (Å²) in [5.74, 6) is -0.172. The Hall–Kier alpha value is -2.08. The number of nitrogens with zero attached hydrogens (tertiary/aromatic N) is 3. The first-order valence-electron chi connectivity index (χ1n) is 6.94. The fraction of sp³-hybridized carbons (Fsp3) is 0.583. The number of aliphatic hydroxyl groups excluding tert-OH is 2. The Morgan fingerprint density at radius 2 is 2.35 bits per heavy atom. The Bertz CT molecular complexity index is 777. The molecule has 11 heteroatoms. The van der Waals surface area contributed by atoms with E-state index in [2.05, 4.69) is 9.97 Å². The van der Waals surface area contributed by atoms with Gasteiger partial charge in [-0.25, -0.2) is 8.96 Å². The molecule has 2 aromatic heterocycles. The minimum Gasteiger partial charge on any atom is -0.846 e. The summed E-state index contributed by atoms with van der Waals surface area (Å²) in [6.45, 7) is -1.39. The Morgan fingerprint density at radius 1 is 1.61 bits per heavy atom. The third-order valence-electron chi connectivity index (χ3n) is 3.78. The van der Waals surface area contributed by atoms with E-state index in [-0.39, 0.29) is 23.7 Å². The van der Waals surface area contributed by atoms with Crippen molar-refractivity contribution < 1.29 is 29.0 Å². The molecule has 0 amide bonds. The maximum Gasteiger partial charge on any atom is 0.313 e. The quantitative estimate of drug-likeness (QED) is 0.425. The molecule has 0 bridgehead atoms. The molecule has 1 aliphatic rings. The van der Waals surface area contributed by atoms with Gasteiger partial charge in [-0.2, -0.15) is 0 Å². The van der Waals surface area contributed by atoms with E-state index < -0.39 is 43.4 Å². The number of rotatable bonds is 4. The smallest absolute Gasteiger partial charge is 0.313 e. The van der Waals surface area contributed by atoms with Crippen molar-refractivity contribution in [3.05, 3.63) is 16.7 Å². The van der Waals surface area contributed by atoms with Crippen LogP contribution in [0, 0.1) is 0 Å². The van der Waals surface area contributed by atoms with E-state index in [4.69, 9.17) is 15.6 Å². The SMILES string of the molecule is Nc1nc2c(c(=O)[nH]1)n(CCF)c[n+]2[C@@H]1O[C@H](CO)[C@@H](O)[C@H]1[O-]. The maximum atomic E-state index is 12.7. The number of alkyl halides is 1. The van der Waals surface area contributed by atoms with Crippen molar-refractivity contribution in [2.45, 2.75) is 31.1 Å². The molecular formula is C12H16FN5O5. The van der Waals surface area contributed by atoms with Crippen molar-refractivity contribution in [2.75, 3.05) is 19.0 Å². The number of nitrogens with one attached hydrogen (secondary N) is 1. The molecule has 126 valence electrons. The lowest BCUT2D eigenvalue weighted by molar-refractivity contribution is -0.764. The zero-order chi connectivity index (χ0) is 16.7. The Morgan fingerprint density at radius 3 is 2.96 bits per heavy atom. The van der Waals surface area contributed by atoms with Crippen LogP contribution in [0.25, 0.3) is 11.2 Å².